The molecule has 3 N–H and O–H groups in total. The molecule has 1 aromatic carbocycles. The third kappa shape index (κ3) is 2.01. The van der Waals surface area contributed by atoms with E-state index in [0.29, 0.717) is 5.82 Å². The fraction of sp³-hybridized carbons (Fsp3) is 0.273. The lowest BCUT2D eigenvalue weighted by Crippen LogP contribution is -2.16. The molecule has 5 heteroatoms. The van der Waals surface area contributed by atoms with Gasteiger partial charge in [-0.05, 0) is 32.2 Å². The molecule has 1 atom stereocenters. The molecule has 16 heavy (non-hydrogen) atoms. The summed E-state index contributed by atoms with van der Waals surface area (Å²) in [4.78, 5) is 8.77. The molecule has 0 fully saturated rings. The largest absolute Gasteiger partial charge is 0.383 e. The maximum absolute atomic E-state index is 5.92. The summed E-state index contributed by atoms with van der Waals surface area (Å²) in [5.41, 5.74) is 6.79. The van der Waals surface area contributed by atoms with E-state index in [9.17, 15) is 0 Å². The average molecular weight is 281 g/mol. The van der Waals surface area contributed by atoms with Crippen LogP contribution in [0.3, 0.4) is 0 Å². The molecular formula is C11H13BrN4. The molecule has 0 aliphatic rings. The van der Waals surface area contributed by atoms with Gasteiger partial charge in [0.1, 0.15) is 11.6 Å². The van der Waals surface area contributed by atoms with Crippen LogP contribution in [0, 0.1) is 0 Å². The zero-order chi connectivity index (χ0) is 11.7. The van der Waals surface area contributed by atoms with Crippen molar-refractivity contribution in [3.63, 3.8) is 0 Å². The van der Waals surface area contributed by atoms with Crippen LogP contribution >= 0.6 is 15.9 Å². The number of halogens is 1. The van der Waals surface area contributed by atoms with Crippen molar-refractivity contribution in [3.8, 4) is 0 Å². The monoisotopic (exact) mass is 280 g/mol. The molecule has 0 saturated heterocycles. The van der Waals surface area contributed by atoms with E-state index in [-0.39, 0.29) is 6.04 Å². The smallest absolute Gasteiger partial charge is 0.148 e. The van der Waals surface area contributed by atoms with Crippen LogP contribution in [-0.4, -0.2) is 17.0 Å². The van der Waals surface area contributed by atoms with Gasteiger partial charge < -0.3 is 11.1 Å². The Morgan fingerprint density at radius 3 is 2.81 bits per heavy atom. The molecule has 0 bridgehead atoms. The number of nitrogen functional groups attached to an aromatic ring is 1. The predicted molar refractivity (Wildman–Crippen MR) is 69.1 cm³/mol. The summed E-state index contributed by atoms with van der Waals surface area (Å²) in [6.45, 7) is 2.00. The quantitative estimate of drug-likeness (QED) is 0.886. The molecule has 0 aliphatic heterocycles. The van der Waals surface area contributed by atoms with Gasteiger partial charge in [0, 0.05) is 9.86 Å². The highest BCUT2D eigenvalue weighted by molar-refractivity contribution is 9.10. The topological polar surface area (TPSA) is 63.8 Å². The number of hydrogen-bond donors (Lipinski definition) is 2. The molecular weight excluding hydrogens is 268 g/mol. The van der Waals surface area contributed by atoms with E-state index in [0.717, 1.165) is 21.2 Å². The number of aromatic nitrogens is 2. The third-order valence-electron chi connectivity index (χ3n) is 2.52. The van der Waals surface area contributed by atoms with Gasteiger partial charge in [-0.1, -0.05) is 15.9 Å². The minimum Gasteiger partial charge on any atom is -0.383 e. The molecule has 84 valence electrons. The van der Waals surface area contributed by atoms with E-state index < -0.39 is 0 Å². The first-order valence-corrected chi connectivity index (χ1v) is 5.81. The van der Waals surface area contributed by atoms with Crippen LogP contribution < -0.4 is 11.1 Å². The normalized spacial score (nSPS) is 12.9. The first-order chi connectivity index (χ1) is 7.61. The van der Waals surface area contributed by atoms with Crippen LogP contribution in [0.5, 0.6) is 0 Å². The number of benzene rings is 1. The predicted octanol–water partition coefficient (Wildman–Crippen LogP) is 2.25. The Labute approximate surface area is 102 Å². The summed E-state index contributed by atoms with van der Waals surface area (Å²) in [7, 11) is 1.87. The van der Waals surface area contributed by atoms with Crippen LogP contribution in [-0.2, 0) is 0 Å². The van der Waals surface area contributed by atoms with Gasteiger partial charge in [0.05, 0.1) is 11.6 Å². The summed E-state index contributed by atoms with van der Waals surface area (Å²) in [6, 6.07) is 5.90. The number of anilines is 1. The van der Waals surface area contributed by atoms with Gasteiger partial charge in [-0.2, -0.15) is 0 Å². The fourth-order valence-electron chi connectivity index (χ4n) is 1.47. The van der Waals surface area contributed by atoms with E-state index in [1.165, 1.54) is 0 Å². The molecule has 0 saturated carbocycles. The van der Waals surface area contributed by atoms with E-state index in [1.54, 1.807) is 0 Å². The van der Waals surface area contributed by atoms with Crippen molar-refractivity contribution in [1.29, 1.82) is 0 Å². The van der Waals surface area contributed by atoms with Crippen molar-refractivity contribution < 1.29 is 0 Å². The minimum absolute atomic E-state index is 0.0929. The highest BCUT2D eigenvalue weighted by atomic mass is 79.9. The van der Waals surface area contributed by atoms with Gasteiger partial charge in [0.25, 0.3) is 0 Å². The zero-order valence-corrected chi connectivity index (χ0v) is 10.7. The molecule has 0 aliphatic carbocycles. The highest BCUT2D eigenvalue weighted by Crippen LogP contribution is 2.23. The van der Waals surface area contributed by atoms with Crippen molar-refractivity contribution in [2.24, 2.45) is 0 Å². The Bertz CT molecular complexity index is 527. The summed E-state index contributed by atoms with van der Waals surface area (Å²) < 4.78 is 0.977. The van der Waals surface area contributed by atoms with Crippen LogP contribution in [0.1, 0.15) is 18.8 Å². The lowest BCUT2D eigenvalue weighted by atomic mass is 10.2. The Kier molecular flexibility index (Phi) is 3.07. The first-order valence-electron chi connectivity index (χ1n) is 5.01. The van der Waals surface area contributed by atoms with Crippen molar-refractivity contribution in [2.75, 3.05) is 12.8 Å². The van der Waals surface area contributed by atoms with Gasteiger partial charge in [-0.3, -0.25) is 0 Å². The number of hydrogen-bond acceptors (Lipinski definition) is 4. The molecule has 2 aromatic rings. The molecule has 2 rings (SSSR count). The Hall–Kier alpha value is -1.20. The molecule has 4 nitrogen and oxygen atoms in total. The maximum atomic E-state index is 5.92. The maximum Gasteiger partial charge on any atom is 0.148 e. The van der Waals surface area contributed by atoms with Gasteiger partial charge in [0.15, 0.2) is 0 Å². The second kappa shape index (κ2) is 4.35. The van der Waals surface area contributed by atoms with E-state index >= 15 is 0 Å². The number of rotatable bonds is 2. The van der Waals surface area contributed by atoms with Gasteiger partial charge in [-0.15, -0.1) is 0 Å². The van der Waals surface area contributed by atoms with Gasteiger partial charge in [0.2, 0.25) is 0 Å². The molecule has 0 radical (unpaired) electrons. The van der Waals surface area contributed by atoms with E-state index in [2.05, 4.69) is 31.2 Å². The number of nitrogens with one attached hydrogen (secondary N) is 1. The van der Waals surface area contributed by atoms with Crippen LogP contribution in [0.15, 0.2) is 22.7 Å². The minimum atomic E-state index is 0.0929. The van der Waals surface area contributed by atoms with Gasteiger partial charge >= 0.3 is 0 Å². The molecule has 1 heterocycles. The molecule has 0 spiro atoms. The fourth-order valence-corrected chi connectivity index (χ4v) is 1.83. The lowest BCUT2D eigenvalue weighted by molar-refractivity contribution is 0.614. The Balaban J connectivity index is 2.63. The average Bonchev–Trinajstić information content (AvgIpc) is 2.28. The first kappa shape index (κ1) is 11.3. The number of fused-ring (bicyclic) bond motifs is 1. The highest BCUT2D eigenvalue weighted by Gasteiger charge is 2.10. The Morgan fingerprint density at radius 1 is 1.38 bits per heavy atom. The van der Waals surface area contributed by atoms with Gasteiger partial charge in [-0.25, -0.2) is 9.97 Å². The SMILES string of the molecule is CNC(C)c1nc(N)c2cc(Br)ccc2n1. The van der Waals surface area contributed by atoms with E-state index in [1.807, 2.05) is 32.2 Å². The summed E-state index contributed by atoms with van der Waals surface area (Å²) in [5, 5.41) is 3.97. The molecule has 1 unspecified atom stereocenters. The van der Waals surface area contributed by atoms with Crippen molar-refractivity contribution in [1.82, 2.24) is 15.3 Å². The molecule has 1 aromatic heterocycles. The summed E-state index contributed by atoms with van der Waals surface area (Å²) >= 11 is 3.40. The third-order valence-corrected chi connectivity index (χ3v) is 3.02. The van der Waals surface area contributed by atoms with Crippen molar-refractivity contribution >= 4 is 32.7 Å². The van der Waals surface area contributed by atoms with Crippen molar-refractivity contribution in [3.05, 3.63) is 28.5 Å². The van der Waals surface area contributed by atoms with Crippen LogP contribution in [0.25, 0.3) is 10.9 Å². The number of nitrogens with zero attached hydrogens (tertiary/aromatic N) is 2. The number of nitrogens with two attached hydrogens (primary N) is 1. The van der Waals surface area contributed by atoms with Crippen molar-refractivity contribution in [2.45, 2.75) is 13.0 Å². The summed E-state index contributed by atoms with van der Waals surface area (Å²) in [6.07, 6.45) is 0. The van der Waals surface area contributed by atoms with Crippen LogP contribution in [0.2, 0.25) is 0 Å². The Morgan fingerprint density at radius 2 is 2.12 bits per heavy atom. The lowest BCUT2D eigenvalue weighted by Gasteiger charge is -2.10. The summed E-state index contributed by atoms with van der Waals surface area (Å²) in [5.74, 6) is 1.23. The second-order valence-corrected chi connectivity index (χ2v) is 4.55. The zero-order valence-electron chi connectivity index (χ0n) is 9.16. The standard InChI is InChI=1S/C11H13BrN4/c1-6(14-2)11-15-9-4-3-7(12)5-8(9)10(13)16-11/h3-6,14H,1-2H3,(H2,13,15,16). The van der Waals surface area contributed by atoms with Crippen LogP contribution in [0.4, 0.5) is 5.82 Å². The second-order valence-electron chi connectivity index (χ2n) is 3.64. The van der Waals surface area contributed by atoms with E-state index in [4.69, 9.17) is 5.73 Å². The molecule has 0 amide bonds.